The van der Waals surface area contributed by atoms with Crippen LogP contribution in [0.5, 0.6) is 0 Å². The first-order chi connectivity index (χ1) is 10.6. The van der Waals surface area contributed by atoms with Gasteiger partial charge in [0, 0.05) is 6.42 Å². The quantitative estimate of drug-likeness (QED) is 0.267. The van der Waals surface area contributed by atoms with Crippen molar-refractivity contribution in [3.63, 3.8) is 0 Å². The fourth-order valence-corrected chi connectivity index (χ4v) is 2.24. The van der Waals surface area contributed by atoms with Gasteiger partial charge in [0.05, 0.1) is 6.61 Å². The summed E-state index contributed by atoms with van der Waals surface area (Å²) in [6, 6.07) is -0.655. The molecule has 0 fully saturated rings. The summed E-state index contributed by atoms with van der Waals surface area (Å²) < 4.78 is 4.75. The Labute approximate surface area is 164 Å². The summed E-state index contributed by atoms with van der Waals surface area (Å²) in [6.45, 7) is 3.58. The van der Waals surface area contributed by atoms with Crippen molar-refractivity contribution < 1.29 is 50.4 Å². The molecule has 0 aliphatic carbocycles. The Morgan fingerprint density at radius 1 is 1.04 bits per heavy atom. The summed E-state index contributed by atoms with van der Waals surface area (Å²) in [5, 5.41) is 11.2. The third-order valence-electron chi connectivity index (χ3n) is 3.57. The summed E-state index contributed by atoms with van der Waals surface area (Å²) in [6.07, 6.45) is 11.4. The van der Waals surface area contributed by atoms with E-state index in [1.165, 1.54) is 44.9 Å². The SMILES string of the molecule is CCCCCCCCCCCC(=O)N[C@@H](C)C(=O)OCCO.[H-].[Na+]. The van der Waals surface area contributed by atoms with Gasteiger partial charge < -0.3 is 16.6 Å². The van der Waals surface area contributed by atoms with Crippen molar-refractivity contribution in [1.82, 2.24) is 5.32 Å². The van der Waals surface area contributed by atoms with E-state index in [0.717, 1.165) is 12.8 Å². The van der Waals surface area contributed by atoms with Gasteiger partial charge in [-0.2, -0.15) is 0 Å². The Hall–Kier alpha value is -0.100. The van der Waals surface area contributed by atoms with E-state index in [2.05, 4.69) is 12.2 Å². The van der Waals surface area contributed by atoms with Crippen molar-refractivity contribution in [3.05, 3.63) is 0 Å². The van der Waals surface area contributed by atoms with E-state index in [9.17, 15) is 9.59 Å². The van der Waals surface area contributed by atoms with Crippen LogP contribution in [0.25, 0.3) is 0 Å². The number of rotatable bonds is 14. The molecule has 1 atom stereocenters. The third kappa shape index (κ3) is 16.5. The number of carbonyl (C=O) groups excluding carboxylic acids is 2. The average Bonchev–Trinajstić information content (AvgIpc) is 2.50. The van der Waals surface area contributed by atoms with Crippen LogP contribution in [-0.2, 0) is 14.3 Å². The van der Waals surface area contributed by atoms with Gasteiger partial charge in [-0.1, -0.05) is 58.3 Å². The number of hydrogen-bond acceptors (Lipinski definition) is 4. The second kappa shape index (κ2) is 18.2. The fourth-order valence-electron chi connectivity index (χ4n) is 2.24. The summed E-state index contributed by atoms with van der Waals surface area (Å²) >= 11 is 0. The molecule has 0 unspecified atom stereocenters. The number of aliphatic hydroxyl groups excluding tert-OH is 1. The largest absolute Gasteiger partial charge is 1.00 e. The van der Waals surface area contributed by atoms with Crippen LogP contribution >= 0.6 is 0 Å². The third-order valence-corrected chi connectivity index (χ3v) is 3.57. The van der Waals surface area contributed by atoms with Crippen molar-refractivity contribution in [1.29, 1.82) is 0 Å². The van der Waals surface area contributed by atoms with Gasteiger partial charge in [-0.05, 0) is 13.3 Å². The van der Waals surface area contributed by atoms with E-state index in [1.54, 1.807) is 6.92 Å². The molecule has 5 nitrogen and oxygen atoms in total. The molecule has 0 heterocycles. The molecule has 0 aromatic carbocycles. The number of unbranched alkanes of at least 4 members (excludes halogenated alkanes) is 8. The van der Waals surface area contributed by atoms with Crippen molar-refractivity contribution >= 4 is 11.9 Å². The fraction of sp³-hybridized carbons (Fsp3) is 0.882. The zero-order chi connectivity index (χ0) is 16.6. The van der Waals surface area contributed by atoms with Gasteiger partial charge in [0.25, 0.3) is 0 Å². The van der Waals surface area contributed by atoms with E-state index < -0.39 is 12.0 Å². The number of aliphatic hydroxyl groups is 1. The molecule has 0 aromatic heterocycles. The molecule has 23 heavy (non-hydrogen) atoms. The molecule has 6 heteroatoms. The molecule has 0 radical (unpaired) electrons. The molecule has 132 valence electrons. The molecule has 0 saturated heterocycles. The molecule has 0 aliphatic heterocycles. The van der Waals surface area contributed by atoms with Crippen LogP contribution in [0.1, 0.15) is 79.5 Å². The Bertz CT molecular complexity index is 306. The van der Waals surface area contributed by atoms with Gasteiger partial charge in [-0.3, -0.25) is 4.79 Å². The van der Waals surface area contributed by atoms with Gasteiger partial charge in [-0.15, -0.1) is 0 Å². The van der Waals surface area contributed by atoms with Crippen molar-refractivity contribution in [2.45, 2.75) is 84.1 Å². The topological polar surface area (TPSA) is 75.6 Å². The molecule has 0 saturated carbocycles. The maximum absolute atomic E-state index is 11.7. The summed E-state index contributed by atoms with van der Waals surface area (Å²) in [4.78, 5) is 23.1. The minimum Gasteiger partial charge on any atom is -1.00 e. The number of hydrogen-bond donors (Lipinski definition) is 2. The standard InChI is InChI=1S/C17H33NO4.Na.H/c1-3-4-5-6-7-8-9-10-11-12-16(20)18-15(2)17(21)22-14-13-19;;/h15,19H,3-14H2,1-2H3,(H,18,20);;/q;+1;-1/t15-;;/m0../s1. The Balaban J connectivity index is -0.00000220. The number of esters is 1. The number of carbonyl (C=O) groups is 2. The Kier molecular flexibility index (Phi) is 19.9. The molecule has 0 spiro atoms. The molecule has 1 amide bonds. The van der Waals surface area contributed by atoms with Crippen molar-refractivity contribution in [3.8, 4) is 0 Å². The van der Waals surface area contributed by atoms with Crippen LogP contribution in [0.3, 0.4) is 0 Å². The van der Waals surface area contributed by atoms with Gasteiger partial charge in [0.1, 0.15) is 12.6 Å². The smallest absolute Gasteiger partial charge is 1.00 e. The maximum Gasteiger partial charge on any atom is 1.00 e. The Morgan fingerprint density at radius 3 is 2.09 bits per heavy atom. The van der Waals surface area contributed by atoms with Crippen molar-refractivity contribution in [2.75, 3.05) is 13.2 Å². The van der Waals surface area contributed by atoms with Crippen LogP contribution in [-0.4, -0.2) is 36.2 Å². The predicted octanol–water partition coefficient (Wildman–Crippen LogP) is 0.0640. The molecule has 0 rings (SSSR count). The molecule has 0 aliphatic rings. The van der Waals surface area contributed by atoms with E-state index in [0.29, 0.717) is 6.42 Å². The van der Waals surface area contributed by atoms with Gasteiger partial charge in [-0.25, -0.2) is 4.79 Å². The number of amides is 1. The summed E-state index contributed by atoms with van der Waals surface area (Å²) in [5.41, 5.74) is 0. The van der Waals surface area contributed by atoms with Gasteiger partial charge >= 0.3 is 35.5 Å². The van der Waals surface area contributed by atoms with Crippen LogP contribution in [0.15, 0.2) is 0 Å². The zero-order valence-corrected chi connectivity index (χ0v) is 17.2. The van der Waals surface area contributed by atoms with Crippen molar-refractivity contribution in [2.24, 2.45) is 0 Å². The molecular weight excluding hydrogens is 305 g/mol. The minimum atomic E-state index is -0.655. The molecule has 0 aromatic rings. The maximum atomic E-state index is 11.7. The van der Waals surface area contributed by atoms with E-state index in [4.69, 9.17) is 9.84 Å². The first-order valence-corrected chi connectivity index (χ1v) is 8.68. The summed E-state index contributed by atoms with van der Waals surface area (Å²) in [5.74, 6) is -0.620. The zero-order valence-electron chi connectivity index (χ0n) is 16.2. The number of ether oxygens (including phenoxy) is 1. The first-order valence-electron chi connectivity index (χ1n) is 8.68. The van der Waals surface area contributed by atoms with Gasteiger partial charge in [0.15, 0.2) is 0 Å². The number of nitrogens with one attached hydrogen (secondary N) is 1. The predicted molar refractivity (Wildman–Crippen MR) is 88.6 cm³/mol. The molecule has 0 bridgehead atoms. The second-order valence-corrected chi connectivity index (χ2v) is 5.76. The Morgan fingerprint density at radius 2 is 1.57 bits per heavy atom. The first kappa shape index (κ1) is 25.1. The van der Waals surface area contributed by atoms with Crippen LogP contribution in [0, 0.1) is 0 Å². The second-order valence-electron chi connectivity index (χ2n) is 5.76. The summed E-state index contributed by atoms with van der Waals surface area (Å²) in [7, 11) is 0. The molecular formula is C17H34NNaO4. The van der Waals surface area contributed by atoms with Crippen LogP contribution in [0.2, 0.25) is 0 Å². The average molecular weight is 339 g/mol. The van der Waals surface area contributed by atoms with E-state index >= 15 is 0 Å². The van der Waals surface area contributed by atoms with E-state index in [1.807, 2.05) is 0 Å². The van der Waals surface area contributed by atoms with Crippen LogP contribution in [0.4, 0.5) is 0 Å². The molecule has 2 N–H and O–H groups in total. The van der Waals surface area contributed by atoms with E-state index in [-0.39, 0.29) is 50.1 Å². The normalized spacial score (nSPS) is 11.4. The van der Waals surface area contributed by atoms with Crippen LogP contribution < -0.4 is 34.9 Å². The van der Waals surface area contributed by atoms with Gasteiger partial charge in [0.2, 0.25) is 5.91 Å². The monoisotopic (exact) mass is 339 g/mol. The minimum absolute atomic E-state index is 0.